The molecule has 2 N–H and O–H groups in total. The minimum absolute atomic E-state index is 0.215. The van der Waals surface area contributed by atoms with Crippen LogP contribution in [0.3, 0.4) is 0 Å². The Balaban J connectivity index is 1.46. The number of rotatable bonds is 13. The first-order valence-corrected chi connectivity index (χ1v) is 18.4. The molecular weight excluding hydrogens is 675 g/mol. The quantitative estimate of drug-likeness (QED) is 0.175. The van der Waals surface area contributed by atoms with E-state index < -0.39 is 71.9 Å². The molecule has 2 aliphatic rings. The van der Waals surface area contributed by atoms with Gasteiger partial charge in [0.05, 0.1) is 13.2 Å². The van der Waals surface area contributed by atoms with Crippen LogP contribution in [-0.2, 0) is 43.5 Å². The number of likely N-dealkylation sites (tertiary alicyclic amines) is 1. The molecule has 3 aromatic rings. The Labute approximate surface area is 283 Å². The molecule has 1 unspecified atom stereocenters. The average molecular weight is 715 g/mol. The first-order chi connectivity index (χ1) is 22.7. The van der Waals surface area contributed by atoms with Gasteiger partial charge in [0, 0.05) is 28.6 Å². The zero-order chi connectivity index (χ0) is 34.7. The second-order valence-corrected chi connectivity index (χ2v) is 15.1. The number of hydrogen-bond donors (Lipinski definition) is 2. The number of carbonyl (C=O) groups excluding carboxylic acids is 1. The Hall–Kier alpha value is -2.58. The zero-order valence-corrected chi connectivity index (χ0v) is 28.3. The van der Waals surface area contributed by atoms with Gasteiger partial charge in [-0.1, -0.05) is 54.6 Å². The summed E-state index contributed by atoms with van der Waals surface area (Å²) < 4.78 is 97.9. The highest BCUT2D eigenvalue weighted by Crippen LogP contribution is 2.48. The van der Waals surface area contributed by atoms with E-state index >= 15 is 0 Å². The van der Waals surface area contributed by atoms with Crippen molar-refractivity contribution in [1.29, 1.82) is 0 Å². The molecule has 1 heterocycles. The van der Waals surface area contributed by atoms with Gasteiger partial charge in [0.1, 0.15) is 5.41 Å². The Morgan fingerprint density at radius 1 is 1.02 bits per heavy atom. The molecule has 2 atom stereocenters. The predicted octanol–water partition coefficient (Wildman–Crippen LogP) is 8.10. The largest absolute Gasteiger partial charge is 0.403 e. The fourth-order valence-corrected chi connectivity index (χ4v) is 7.75. The number of hydrogen-bond acceptors (Lipinski definition) is 4. The topological polar surface area (TPSA) is 61.8 Å². The zero-order valence-electron chi connectivity index (χ0n) is 26.6. The fourth-order valence-electron chi connectivity index (χ4n) is 6.98. The molecule has 1 saturated carbocycles. The van der Waals surface area contributed by atoms with Crippen LogP contribution in [0.4, 0.5) is 26.3 Å². The summed E-state index contributed by atoms with van der Waals surface area (Å²) >= 11 is 4.91. The lowest BCUT2D eigenvalue weighted by Gasteiger charge is -2.42. The van der Waals surface area contributed by atoms with E-state index in [0.29, 0.717) is 18.9 Å². The van der Waals surface area contributed by atoms with Crippen LogP contribution in [0, 0.1) is 5.41 Å². The molecule has 1 saturated heterocycles. The van der Waals surface area contributed by atoms with Gasteiger partial charge in [0.15, 0.2) is 0 Å². The summed E-state index contributed by atoms with van der Waals surface area (Å²) in [4.78, 5) is 14.5. The predicted molar refractivity (Wildman–Crippen MR) is 179 cm³/mol. The van der Waals surface area contributed by atoms with Crippen molar-refractivity contribution in [1.82, 2.24) is 10.2 Å². The number of ether oxygens (including phenoxy) is 1. The van der Waals surface area contributed by atoms with Crippen LogP contribution in [0.2, 0.25) is 0 Å². The van der Waals surface area contributed by atoms with Gasteiger partial charge in [-0.2, -0.15) is 26.3 Å². The third-order valence-electron chi connectivity index (χ3n) is 9.54. The lowest BCUT2D eigenvalue weighted by atomic mass is 9.76. The van der Waals surface area contributed by atoms with Crippen LogP contribution in [0.25, 0.3) is 21.9 Å². The van der Waals surface area contributed by atoms with Crippen molar-refractivity contribution in [2.45, 2.75) is 75.9 Å². The van der Waals surface area contributed by atoms with E-state index in [0.717, 1.165) is 50.8 Å². The number of nitrogens with zero attached hydrogens (tertiary/aromatic N) is 1. The van der Waals surface area contributed by atoms with Gasteiger partial charge >= 0.3 is 12.4 Å². The molecule has 0 radical (unpaired) electrons. The van der Waals surface area contributed by atoms with Crippen LogP contribution in [0.5, 0.6) is 0 Å². The van der Waals surface area contributed by atoms with E-state index in [1.54, 1.807) is 7.11 Å². The summed E-state index contributed by atoms with van der Waals surface area (Å²) in [5, 5.41) is 4.53. The summed E-state index contributed by atoms with van der Waals surface area (Å²) in [5.41, 5.74) is 2.50. The van der Waals surface area contributed by atoms with Gasteiger partial charge in [0.25, 0.3) is 0 Å². The highest BCUT2D eigenvalue weighted by molar-refractivity contribution is 8.25. The van der Waals surface area contributed by atoms with Gasteiger partial charge in [0.2, 0.25) is 5.91 Å². The van der Waals surface area contributed by atoms with Crippen LogP contribution >= 0.6 is 0 Å². The van der Waals surface area contributed by atoms with Gasteiger partial charge in [-0.05, 0) is 114 Å². The highest BCUT2D eigenvalue weighted by Gasteiger charge is 2.61. The molecule has 1 aliphatic carbocycles. The lowest BCUT2D eigenvalue weighted by molar-refractivity contribution is -0.236. The first kappa shape index (κ1) is 36.7. The number of nitrogens with one attached hydrogen (secondary N) is 1. The second kappa shape index (κ2) is 15.1. The molecule has 0 spiro atoms. The number of fused-ring (bicyclic) bond motifs is 1. The van der Waals surface area contributed by atoms with E-state index in [-0.39, 0.29) is 18.6 Å². The summed E-state index contributed by atoms with van der Waals surface area (Å²) in [6, 6.07) is 17.3. The third-order valence-corrected chi connectivity index (χ3v) is 10.7. The van der Waals surface area contributed by atoms with E-state index in [4.69, 9.17) is 15.9 Å². The maximum atomic E-state index is 14.6. The maximum Gasteiger partial charge on any atom is 0.403 e. The molecule has 1 amide bonds. The number of piperidine rings is 1. The van der Waals surface area contributed by atoms with Crippen LogP contribution in [-0.4, -0.2) is 66.3 Å². The summed E-state index contributed by atoms with van der Waals surface area (Å²) in [6.07, 6.45) is -7.96. The van der Waals surface area contributed by atoms with Crippen LogP contribution in [0.15, 0.2) is 54.6 Å². The number of alkyl halides is 6. The molecule has 5 nitrogen and oxygen atoms in total. The minimum atomic E-state index is -4.95. The molecule has 3 aromatic carbocycles. The molecule has 2 fully saturated rings. The number of methoxy groups -OCH3 is 1. The van der Waals surface area contributed by atoms with Crippen molar-refractivity contribution < 1.29 is 40.4 Å². The smallest absolute Gasteiger partial charge is 0.380 e. The lowest BCUT2D eigenvalue weighted by Crippen LogP contribution is -2.58. The number of halogens is 6. The Morgan fingerprint density at radius 3 is 2.29 bits per heavy atom. The third kappa shape index (κ3) is 8.58. The monoisotopic (exact) mass is 714 g/mol. The van der Waals surface area contributed by atoms with E-state index in [1.165, 1.54) is 5.56 Å². The van der Waals surface area contributed by atoms with Gasteiger partial charge in [-0.25, -0.2) is 0 Å². The average Bonchev–Trinajstić information content (AvgIpc) is 3.86. The van der Waals surface area contributed by atoms with Crippen LogP contribution in [0.1, 0.15) is 61.1 Å². The Morgan fingerprint density at radius 2 is 1.67 bits per heavy atom. The molecule has 48 heavy (non-hydrogen) atoms. The highest BCUT2D eigenvalue weighted by atomic mass is 32.8. The maximum absolute atomic E-state index is 14.6. The van der Waals surface area contributed by atoms with Crippen molar-refractivity contribution in [3.05, 3.63) is 71.3 Å². The molecule has 0 aromatic heterocycles. The SMILES string of the molecule is COCc1cccc(C2CC2)c1-c1cccc2c(C[C@@H](CCCS(O)=S)NC(=O)C3(C(F)(F)F)CCN(CC(F)(F)F)CC3)cccc12. The standard InChI is InChI=1S/C35H40F6N2O3S2/c1-46-21-25-7-3-10-28(23-13-14-23)31(25)30-12-4-9-27-24(6-2-11-29(27)30)20-26(8-5-19-48(45)47)42-32(44)33(35(39,40)41)15-17-43(18-16-33)22-34(36,37)38/h2-4,6-7,9-12,23,26H,5,8,13-22H2,1H3,(H,42,44)(H,45,47)/t26-,48?/m1/s1. The Bertz CT molecular complexity index is 1620. The summed E-state index contributed by atoms with van der Waals surface area (Å²) in [6.45, 7) is -1.89. The number of benzene rings is 3. The van der Waals surface area contributed by atoms with Crippen molar-refractivity contribution >= 4 is 37.6 Å². The minimum Gasteiger partial charge on any atom is -0.380 e. The molecule has 5 rings (SSSR count). The second-order valence-electron chi connectivity index (χ2n) is 12.9. The fraction of sp³-hybridized carbons (Fsp3) is 0.514. The summed E-state index contributed by atoms with van der Waals surface area (Å²) in [5.74, 6) is -0.508. The molecular formula is C35H40F6N2O3S2. The molecule has 1 aliphatic heterocycles. The van der Waals surface area contributed by atoms with E-state index in [1.807, 2.05) is 36.4 Å². The molecule has 13 heteroatoms. The molecule has 262 valence electrons. The van der Waals surface area contributed by atoms with Crippen molar-refractivity contribution in [2.75, 3.05) is 32.5 Å². The number of carbonyl (C=O) groups is 1. The number of amides is 1. The van der Waals surface area contributed by atoms with E-state index in [9.17, 15) is 35.7 Å². The van der Waals surface area contributed by atoms with Gasteiger partial charge < -0.3 is 14.6 Å². The van der Waals surface area contributed by atoms with Gasteiger partial charge in [-0.15, -0.1) is 0 Å². The summed E-state index contributed by atoms with van der Waals surface area (Å²) in [7, 11) is 0.357. The van der Waals surface area contributed by atoms with Crippen molar-refractivity contribution in [2.24, 2.45) is 5.41 Å². The van der Waals surface area contributed by atoms with Gasteiger partial charge in [-0.3, -0.25) is 9.69 Å². The van der Waals surface area contributed by atoms with E-state index in [2.05, 4.69) is 23.5 Å². The van der Waals surface area contributed by atoms with Crippen LogP contribution < -0.4 is 5.32 Å². The molecule has 0 bridgehead atoms. The van der Waals surface area contributed by atoms with Crippen molar-refractivity contribution in [3.8, 4) is 11.1 Å². The normalized spacial score (nSPS) is 18.5. The first-order valence-electron chi connectivity index (χ1n) is 16.1. The Kier molecular flexibility index (Phi) is 11.6. The van der Waals surface area contributed by atoms with Crippen molar-refractivity contribution in [3.63, 3.8) is 0 Å².